The van der Waals surface area contributed by atoms with E-state index in [0.29, 0.717) is 31.8 Å². The van der Waals surface area contributed by atoms with Crippen LogP contribution in [0.5, 0.6) is 5.75 Å². The zero-order valence-electron chi connectivity index (χ0n) is 15.2. The molecule has 1 aliphatic rings. The molecule has 0 spiro atoms. The van der Waals surface area contributed by atoms with E-state index < -0.39 is 0 Å². The number of amides is 1. The maximum atomic E-state index is 12.9. The first kappa shape index (κ1) is 17.3. The summed E-state index contributed by atoms with van der Waals surface area (Å²) >= 11 is 0. The summed E-state index contributed by atoms with van der Waals surface area (Å²) in [5.41, 5.74) is 2.69. The number of pyridine rings is 1. The maximum absolute atomic E-state index is 12.9. The van der Waals surface area contributed by atoms with Crippen molar-refractivity contribution in [2.45, 2.75) is 19.4 Å². The second kappa shape index (κ2) is 7.61. The summed E-state index contributed by atoms with van der Waals surface area (Å²) in [5.74, 6) is 1.52. The summed E-state index contributed by atoms with van der Waals surface area (Å²) in [6.45, 7) is 0.930. The Kier molecular flexibility index (Phi) is 4.87. The lowest BCUT2D eigenvalue weighted by Crippen LogP contribution is -2.33. The molecule has 0 aliphatic carbocycles. The second-order valence-corrected chi connectivity index (χ2v) is 6.76. The van der Waals surface area contributed by atoms with E-state index in [2.05, 4.69) is 10.1 Å². The molecule has 1 amide bonds. The van der Waals surface area contributed by atoms with E-state index in [1.807, 2.05) is 42.5 Å². The number of hydrogen-bond acceptors (Lipinski definition) is 5. The number of hydrogen-bond donors (Lipinski definition) is 0. The molecular weight excluding hydrogens is 342 g/mol. The maximum Gasteiger partial charge on any atom is 0.226 e. The number of fused-ring (bicyclic) bond motifs is 1. The Morgan fingerprint density at radius 1 is 1.26 bits per heavy atom. The number of carbonyl (C=O) groups excluding carboxylic acids is 1. The minimum Gasteiger partial charge on any atom is -0.493 e. The molecule has 0 N–H and O–H groups in total. The van der Waals surface area contributed by atoms with Crippen molar-refractivity contribution in [2.24, 2.45) is 5.92 Å². The topological polar surface area (TPSA) is 68.5 Å². The molecule has 0 unspecified atom stereocenters. The van der Waals surface area contributed by atoms with Crippen molar-refractivity contribution >= 4 is 5.91 Å². The zero-order chi connectivity index (χ0) is 18.6. The standard InChI is InChI=1S/C21H21N3O3/c1-24(14-18-12-19(23-27-18)17-6-4-9-22-13-17)21(25)16-8-10-26-20-7-3-2-5-15(20)11-16/h2-7,9,12-13,16H,8,10-11,14H2,1H3/t16-/m0/s1. The molecule has 0 fully saturated rings. The van der Waals surface area contributed by atoms with Crippen LogP contribution in [0.2, 0.25) is 0 Å². The fourth-order valence-electron chi connectivity index (χ4n) is 3.36. The van der Waals surface area contributed by atoms with Crippen molar-refractivity contribution in [1.29, 1.82) is 0 Å². The van der Waals surface area contributed by atoms with E-state index >= 15 is 0 Å². The van der Waals surface area contributed by atoms with Crippen molar-refractivity contribution in [3.8, 4) is 17.0 Å². The molecule has 0 radical (unpaired) electrons. The molecule has 1 aliphatic heterocycles. The van der Waals surface area contributed by atoms with Crippen LogP contribution in [0.25, 0.3) is 11.3 Å². The highest BCUT2D eigenvalue weighted by molar-refractivity contribution is 5.79. The summed E-state index contributed by atoms with van der Waals surface area (Å²) < 4.78 is 11.2. The number of benzene rings is 1. The van der Waals surface area contributed by atoms with Crippen LogP contribution in [-0.4, -0.2) is 34.6 Å². The molecule has 2 aromatic heterocycles. The van der Waals surface area contributed by atoms with Crippen molar-refractivity contribution in [3.05, 3.63) is 66.2 Å². The third-order valence-electron chi connectivity index (χ3n) is 4.80. The molecule has 3 aromatic rings. The minimum atomic E-state index is -0.0978. The Bertz CT molecular complexity index is 923. The van der Waals surface area contributed by atoms with Crippen LogP contribution in [-0.2, 0) is 17.8 Å². The third-order valence-corrected chi connectivity index (χ3v) is 4.80. The van der Waals surface area contributed by atoms with Gasteiger partial charge in [-0.25, -0.2) is 0 Å². The molecular formula is C21H21N3O3. The summed E-state index contributed by atoms with van der Waals surface area (Å²) in [5, 5.41) is 4.08. The lowest BCUT2D eigenvalue weighted by molar-refractivity contribution is -0.135. The van der Waals surface area contributed by atoms with Gasteiger partial charge in [0.25, 0.3) is 0 Å². The Hall–Kier alpha value is -3.15. The van der Waals surface area contributed by atoms with Crippen LogP contribution >= 0.6 is 0 Å². The quantitative estimate of drug-likeness (QED) is 0.711. The molecule has 138 valence electrons. The molecule has 4 rings (SSSR count). The minimum absolute atomic E-state index is 0.0923. The molecule has 6 heteroatoms. The Morgan fingerprint density at radius 2 is 2.15 bits per heavy atom. The van der Waals surface area contributed by atoms with Gasteiger partial charge in [-0.1, -0.05) is 23.4 Å². The van der Waals surface area contributed by atoms with E-state index in [1.165, 1.54) is 0 Å². The van der Waals surface area contributed by atoms with Crippen LogP contribution in [0.1, 0.15) is 17.7 Å². The predicted molar refractivity (Wildman–Crippen MR) is 100.0 cm³/mol. The highest BCUT2D eigenvalue weighted by Gasteiger charge is 2.26. The first-order valence-corrected chi connectivity index (χ1v) is 9.02. The van der Waals surface area contributed by atoms with Crippen LogP contribution in [0.15, 0.2) is 59.4 Å². The number of ether oxygens (including phenoxy) is 1. The average molecular weight is 363 g/mol. The van der Waals surface area contributed by atoms with E-state index in [-0.39, 0.29) is 11.8 Å². The largest absolute Gasteiger partial charge is 0.493 e. The number of para-hydroxylation sites is 1. The average Bonchev–Trinajstić information content (AvgIpc) is 3.05. The number of carbonyl (C=O) groups is 1. The normalized spacial score (nSPS) is 16.1. The highest BCUT2D eigenvalue weighted by Crippen LogP contribution is 2.28. The van der Waals surface area contributed by atoms with Gasteiger partial charge in [0.05, 0.1) is 13.2 Å². The second-order valence-electron chi connectivity index (χ2n) is 6.76. The Labute approximate surface area is 157 Å². The van der Waals surface area contributed by atoms with E-state index in [1.54, 1.807) is 24.3 Å². The van der Waals surface area contributed by atoms with Crippen LogP contribution < -0.4 is 4.74 Å². The fraction of sp³-hybridized carbons (Fsp3) is 0.286. The van der Waals surface area contributed by atoms with Gasteiger partial charge in [-0.2, -0.15) is 0 Å². The first-order valence-electron chi connectivity index (χ1n) is 9.02. The van der Waals surface area contributed by atoms with Gasteiger partial charge in [-0.05, 0) is 36.6 Å². The molecule has 27 heavy (non-hydrogen) atoms. The van der Waals surface area contributed by atoms with Crippen molar-refractivity contribution in [2.75, 3.05) is 13.7 Å². The Morgan fingerprint density at radius 3 is 3.00 bits per heavy atom. The molecule has 1 aromatic carbocycles. The van der Waals surface area contributed by atoms with Gasteiger partial charge in [0, 0.05) is 37.0 Å². The van der Waals surface area contributed by atoms with Crippen LogP contribution in [0.3, 0.4) is 0 Å². The summed E-state index contributed by atoms with van der Waals surface area (Å²) in [6.07, 6.45) is 4.84. The fourth-order valence-corrected chi connectivity index (χ4v) is 3.36. The summed E-state index contributed by atoms with van der Waals surface area (Å²) in [4.78, 5) is 18.7. The lowest BCUT2D eigenvalue weighted by Gasteiger charge is -2.21. The van der Waals surface area contributed by atoms with Gasteiger partial charge < -0.3 is 14.2 Å². The predicted octanol–water partition coefficient (Wildman–Crippen LogP) is 3.34. The van der Waals surface area contributed by atoms with Crippen LogP contribution in [0, 0.1) is 5.92 Å². The monoisotopic (exact) mass is 363 g/mol. The van der Waals surface area contributed by atoms with E-state index in [4.69, 9.17) is 9.26 Å². The van der Waals surface area contributed by atoms with Crippen molar-refractivity contribution in [1.82, 2.24) is 15.0 Å². The molecule has 0 saturated heterocycles. The Balaban J connectivity index is 1.43. The molecule has 1 atom stereocenters. The smallest absolute Gasteiger partial charge is 0.226 e. The van der Waals surface area contributed by atoms with Crippen LogP contribution in [0.4, 0.5) is 0 Å². The number of rotatable bonds is 4. The van der Waals surface area contributed by atoms with Gasteiger partial charge in [0.2, 0.25) is 5.91 Å². The van der Waals surface area contributed by atoms with Gasteiger partial charge in [0.15, 0.2) is 5.76 Å². The van der Waals surface area contributed by atoms with E-state index in [0.717, 1.165) is 22.6 Å². The molecule has 3 heterocycles. The third kappa shape index (κ3) is 3.84. The number of nitrogens with zero attached hydrogens (tertiary/aromatic N) is 3. The van der Waals surface area contributed by atoms with Crippen molar-refractivity contribution in [3.63, 3.8) is 0 Å². The van der Waals surface area contributed by atoms with Gasteiger partial charge in [-0.15, -0.1) is 0 Å². The van der Waals surface area contributed by atoms with Crippen molar-refractivity contribution < 1.29 is 14.1 Å². The molecule has 0 bridgehead atoms. The molecule has 6 nitrogen and oxygen atoms in total. The highest BCUT2D eigenvalue weighted by atomic mass is 16.5. The zero-order valence-corrected chi connectivity index (χ0v) is 15.2. The molecule has 0 saturated carbocycles. The SMILES string of the molecule is CN(Cc1cc(-c2cccnc2)no1)C(=O)[C@H]1CCOc2ccccc2C1. The lowest BCUT2D eigenvalue weighted by atomic mass is 9.95. The summed E-state index contributed by atoms with van der Waals surface area (Å²) in [6, 6.07) is 13.5. The first-order chi connectivity index (χ1) is 13.2. The van der Waals surface area contributed by atoms with E-state index in [9.17, 15) is 4.79 Å². The van der Waals surface area contributed by atoms with Gasteiger partial charge >= 0.3 is 0 Å². The van der Waals surface area contributed by atoms with Gasteiger partial charge in [0.1, 0.15) is 11.4 Å². The number of aromatic nitrogens is 2. The summed E-state index contributed by atoms with van der Waals surface area (Å²) in [7, 11) is 1.80. The van der Waals surface area contributed by atoms with Gasteiger partial charge in [-0.3, -0.25) is 9.78 Å².